The lowest BCUT2D eigenvalue weighted by Crippen LogP contribution is -2.47. The number of carbonyl (C=O) groups excluding carboxylic acids is 2. The van der Waals surface area contributed by atoms with Gasteiger partial charge in [0.25, 0.3) is 0 Å². The summed E-state index contributed by atoms with van der Waals surface area (Å²) >= 11 is 7.50. The van der Waals surface area contributed by atoms with E-state index >= 15 is 0 Å². The average Bonchev–Trinajstić information content (AvgIpc) is 3.21. The van der Waals surface area contributed by atoms with Gasteiger partial charge in [-0.05, 0) is 35.4 Å². The predicted molar refractivity (Wildman–Crippen MR) is 112 cm³/mol. The highest BCUT2D eigenvalue weighted by molar-refractivity contribution is 7.10. The number of carbonyl (C=O) groups is 2. The minimum Gasteiger partial charge on any atom is -0.385 e. The number of benzene rings is 1. The van der Waals surface area contributed by atoms with Gasteiger partial charge in [-0.25, -0.2) is 0 Å². The number of halogens is 1. The fourth-order valence-corrected chi connectivity index (χ4v) is 4.68. The highest BCUT2D eigenvalue weighted by atomic mass is 35.5. The molecule has 28 heavy (non-hydrogen) atoms. The monoisotopic (exact) mass is 420 g/mol. The van der Waals surface area contributed by atoms with Crippen LogP contribution in [0.5, 0.6) is 0 Å². The molecular weight excluding hydrogens is 396 g/mol. The van der Waals surface area contributed by atoms with Crippen LogP contribution in [-0.2, 0) is 20.7 Å². The molecule has 1 aliphatic rings. The van der Waals surface area contributed by atoms with Crippen LogP contribution in [0.25, 0.3) is 0 Å². The molecule has 2 aromatic rings. The van der Waals surface area contributed by atoms with E-state index < -0.39 is 0 Å². The lowest BCUT2D eigenvalue weighted by Gasteiger charge is -2.37. The van der Waals surface area contributed by atoms with Crippen molar-refractivity contribution < 1.29 is 14.3 Å². The highest BCUT2D eigenvalue weighted by Gasteiger charge is 2.33. The van der Waals surface area contributed by atoms with Gasteiger partial charge >= 0.3 is 0 Å². The van der Waals surface area contributed by atoms with Crippen LogP contribution in [0.3, 0.4) is 0 Å². The van der Waals surface area contributed by atoms with Gasteiger partial charge in [0, 0.05) is 31.7 Å². The molecule has 0 spiro atoms. The summed E-state index contributed by atoms with van der Waals surface area (Å²) in [5.74, 6) is -0.408. The molecule has 1 aromatic heterocycles. The van der Waals surface area contributed by atoms with Crippen molar-refractivity contribution in [2.45, 2.75) is 18.9 Å². The molecule has 0 bridgehead atoms. The van der Waals surface area contributed by atoms with Gasteiger partial charge in [0.1, 0.15) is 5.88 Å². The maximum absolute atomic E-state index is 13.2. The standard InChI is InChI=1S/C21H25ClN2O3S/c1-27-12-5-10-23(19(25)14-22)15-20(26)24-11-8-18-17(9-13-28-18)21(24)16-6-3-2-4-7-16/h2-4,6-7,9,13,21H,5,8,10-12,14-15H2,1H3. The predicted octanol–water partition coefficient (Wildman–Crippen LogP) is 3.33. The van der Waals surface area contributed by atoms with Crippen molar-refractivity contribution in [1.29, 1.82) is 0 Å². The second-order valence-corrected chi connectivity index (χ2v) is 8.01. The van der Waals surface area contributed by atoms with Crippen LogP contribution in [-0.4, -0.2) is 60.8 Å². The molecule has 0 aliphatic carbocycles. The Labute approximate surface area is 174 Å². The van der Waals surface area contributed by atoms with Crippen LogP contribution in [0.15, 0.2) is 41.8 Å². The fraction of sp³-hybridized carbons (Fsp3) is 0.429. The quantitative estimate of drug-likeness (QED) is 0.486. The van der Waals surface area contributed by atoms with Gasteiger partial charge in [-0.15, -0.1) is 22.9 Å². The van der Waals surface area contributed by atoms with Crippen LogP contribution in [0.1, 0.15) is 28.5 Å². The average molecular weight is 421 g/mol. The molecule has 2 heterocycles. The highest BCUT2D eigenvalue weighted by Crippen LogP contribution is 2.37. The van der Waals surface area contributed by atoms with E-state index in [2.05, 4.69) is 23.6 Å². The summed E-state index contributed by atoms with van der Waals surface area (Å²) in [5, 5.41) is 2.09. The number of hydrogen-bond acceptors (Lipinski definition) is 4. The molecule has 1 aromatic carbocycles. The number of hydrogen-bond donors (Lipinski definition) is 0. The topological polar surface area (TPSA) is 49.9 Å². The molecule has 0 saturated carbocycles. The number of methoxy groups -OCH3 is 1. The Bertz CT molecular complexity index is 796. The van der Waals surface area contributed by atoms with E-state index in [1.54, 1.807) is 23.3 Å². The number of ether oxygens (including phenoxy) is 1. The Morgan fingerprint density at radius 1 is 1.29 bits per heavy atom. The maximum Gasteiger partial charge on any atom is 0.242 e. The molecule has 2 amide bonds. The van der Waals surface area contributed by atoms with Gasteiger partial charge in [-0.3, -0.25) is 9.59 Å². The minimum atomic E-state index is -0.226. The van der Waals surface area contributed by atoms with Gasteiger partial charge in [0.2, 0.25) is 11.8 Å². The molecule has 0 saturated heterocycles. The van der Waals surface area contributed by atoms with E-state index in [4.69, 9.17) is 16.3 Å². The van der Waals surface area contributed by atoms with E-state index in [9.17, 15) is 9.59 Å². The van der Waals surface area contributed by atoms with Crippen molar-refractivity contribution in [3.8, 4) is 0 Å². The normalized spacial score (nSPS) is 15.9. The van der Waals surface area contributed by atoms with E-state index in [1.807, 2.05) is 23.1 Å². The second-order valence-electron chi connectivity index (χ2n) is 6.74. The Hall–Kier alpha value is -1.89. The Morgan fingerprint density at radius 2 is 2.07 bits per heavy atom. The van der Waals surface area contributed by atoms with Gasteiger partial charge in [0.15, 0.2) is 0 Å². The van der Waals surface area contributed by atoms with Gasteiger partial charge in [-0.2, -0.15) is 0 Å². The maximum atomic E-state index is 13.2. The molecule has 1 unspecified atom stereocenters. The van der Waals surface area contributed by atoms with Crippen LogP contribution >= 0.6 is 22.9 Å². The number of nitrogens with zero attached hydrogens (tertiary/aromatic N) is 2. The van der Waals surface area contributed by atoms with E-state index in [0.717, 1.165) is 12.0 Å². The Morgan fingerprint density at radius 3 is 2.79 bits per heavy atom. The lowest BCUT2D eigenvalue weighted by molar-refractivity contribution is -0.140. The molecule has 5 nitrogen and oxygen atoms in total. The van der Waals surface area contributed by atoms with E-state index in [1.165, 1.54) is 10.4 Å². The number of amides is 2. The summed E-state index contributed by atoms with van der Waals surface area (Å²) in [6, 6.07) is 12.1. The number of alkyl halides is 1. The van der Waals surface area contributed by atoms with Gasteiger partial charge in [-0.1, -0.05) is 30.3 Å². The van der Waals surface area contributed by atoms with Crippen molar-refractivity contribution in [2.75, 3.05) is 39.2 Å². The van der Waals surface area contributed by atoms with E-state index in [-0.39, 0.29) is 30.3 Å². The molecule has 0 fully saturated rings. The zero-order valence-electron chi connectivity index (χ0n) is 16.0. The SMILES string of the molecule is COCCCN(CC(=O)N1CCc2sccc2C1c1ccccc1)C(=O)CCl. The zero-order valence-corrected chi connectivity index (χ0v) is 17.5. The molecule has 150 valence electrons. The summed E-state index contributed by atoms with van der Waals surface area (Å²) < 4.78 is 5.07. The first-order valence-corrected chi connectivity index (χ1v) is 10.8. The van der Waals surface area contributed by atoms with E-state index in [0.29, 0.717) is 26.1 Å². The van der Waals surface area contributed by atoms with Crippen LogP contribution < -0.4 is 0 Å². The van der Waals surface area contributed by atoms with Crippen molar-refractivity contribution >= 4 is 34.8 Å². The molecule has 7 heteroatoms. The number of rotatable bonds is 8. The second kappa shape index (κ2) is 10.0. The number of thiophene rings is 1. The van der Waals surface area contributed by atoms with Crippen LogP contribution in [0, 0.1) is 0 Å². The first-order valence-electron chi connectivity index (χ1n) is 9.39. The summed E-state index contributed by atoms with van der Waals surface area (Å²) in [5.41, 5.74) is 2.27. The number of fused-ring (bicyclic) bond motifs is 1. The largest absolute Gasteiger partial charge is 0.385 e. The first kappa shape index (κ1) is 20.8. The lowest BCUT2D eigenvalue weighted by atomic mass is 9.93. The molecular formula is C21H25ClN2O3S. The third-order valence-corrected chi connectivity index (χ3v) is 6.20. The summed E-state index contributed by atoms with van der Waals surface area (Å²) in [6.45, 7) is 1.68. The third kappa shape index (κ3) is 4.74. The Kier molecular flexibility index (Phi) is 7.48. The van der Waals surface area contributed by atoms with Crippen molar-refractivity contribution in [2.24, 2.45) is 0 Å². The zero-order chi connectivity index (χ0) is 19.9. The van der Waals surface area contributed by atoms with Crippen molar-refractivity contribution in [3.63, 3.8) is 0 Å². The third-order valence-electron chi connectivity index (χ3n) is 4.97. The summed E-state index contributed by atoms with van der Waals surface area (Å²) in [4.78, 5) is 30.2. The summed E-state index contributed by atoms with van der Waals surface area (Å²) in [7, 11) is 1.62. The molecule has 3 rings (SSSR count). The molecule has 0 N–H and O–H groups in total. The Balaban J connectivity index is 1.81. The molecule has 1 aliphatic heterocycles. The van der Waals surface area contributed by atoms with Gasteiger partial charge in [0.05, 0.1) is 12.6 Å². The molecule has 0 radical (unpaired) electrons. The van der Waals surface area contributed by atoms with Crippen LogP contribution in [0.2, 0.25) is 0 Å². The molecule has 1 atom stereocenters. The smallest absolute Gasteiger partial charge is 0.242 e. The summed E-state index contributed by atoms with van der Waals surface area (Å²) in [6.07, 6.45) is 1.51. The first-order chi connectivity index (χ1) is 13.7. The van der Waals surface area contributed by atoms with Crippen molar-refractivity contribution in [1.82, 2.24) is 9.80 Å². The fourth-order valence-electron chi connectivity index (χ4n) is 3.61. The van der Waals surface area contributed by atoms with Crippen molar-refractivity contribution in [3.05, 3.63) is 57.8 Å². The van der Waals surface area contributed by atoms with Gasteiger partial charge < -0.3 is 14.5 Å². The minimum absolute atomic E-state index is 0.0398. The van der Waals surface area contributed by atoms with Crippen LogP contribution in [0.4, 0.5) is 0 Å².